The zero-order chi connectivity index (χ0) is 17.2. The molecule has 122 valence electrons. The maximum Gasteiger partial charge on any atom is 0.255 e. The van der Waals surface area contributed by atoms with Crippen molar-refractivity contribution in [2.24, 2.45) is 0 Å². The molecule has 3 rings (SSSR count). The SMILES string of the molecule is CS(=O)(=O)c1ccccc1-n1cc(NC(=O)c2ccccc2)cn1. The minimum absolute atomic E-state index is 0.175. The lowest BCUT2D eigenvalue weighted by Crippen LogP contribution is -2.11. The number of hydrogen-bond donors (Lipinski definition) is 1. The lowest BCUT2D eigenvalue weighted by Gasteiger charge is -2.07. The number of anilines is 1. The molecule has 0 aliphatic heterocycles. The van der Waals surface area contributed by atoms with Crippen molar-refractivity contribution in [3.8, 4) is 5.69 Å². The van der Waals surface area contributed by atoms with Gasteiger partial charge in [-0.2, -0.15) is 5.10 Å². The van der Waals surface area contributed by atoms with Gasteiger partial charge in [0.05, 0.1) is 28.7 Å². The number of hydrogen-bond acceptors (Lipinski definition) is 4. The van der Waals surface area contributed by atoms with Crippen LogP contribution in [0.2, 0.25) is 0 Å². The number of para-hydroxylation sites is 1. The van der Waals surface area contributed by atoms with Gasteiger partial charge in [-0.05, 0) is 24.3 Å². The summed E-state index contributed by atoms with van der Waals surface area (Å²) in [5.41, 5.74) is 1.44. The first-order chi connectivity index (χ1) is 11.4. The third-order valence-corrected chi connectivity index (χ3v) is 4.53. The molecule has 0 saturated carbocycles. The molecule has 1 heterocycles. The van der Waals surface area contributed by atoms with Crippen LogP contribution < -0.4 is 5.32 Å². The van der Waals surface area contributed by atoms with Crippen LogP contribution >= 0.6 is 0 Å². The van der Waals surface area contributed by atoms with Gasteiger partial charge in [0.1, 0.15) is 0 Å². The van der Waals surface area contributed by atoms with Crippen LogP contribution in [0.25, 0.3) is 5.69 Å². The number of sulfone groups is 1. The van der Waals surface area contributed by atoms with E-state index in [1.807, 2.05) is 6.07 Å². The van der Waals surface area contributed by atoms with Gasteiger partial charge in [-0.25, -0.2) is 13.1 Å². The van der Waals surface area contributed by atoms with E-state index in [9.17, 15) is 13.2 Å². The average molecular weight is 341 g/mol. The first-order valence-corrected chi connectivity index (χ1v) is 9.05. The van der Waals surface area contributed by atoms with Gasteiger partial charge in [-0.1, -0.05) is 30.3 Å². The van der Waals surface area contributed by atoms with Crippen molar-refractivity contribution in [2.75, 3.05) is 11.6 Å². The van der Waals surface area contributed by atoms with Crippen molar-refractivity contribution in [1.82, 2.24) is 9.78 Å². The fraction of sp³-hybridized carbons (Fsp3) is 0.0588. The Morgan fingerprint density at radius 1 is 1.04 bits per heavy atom. The van der Waals surface area contributed by atoms with Crippen molar-refractivity contribution in [3.05, 3.63) is 72.6 Å². The van der Waals surface area contributed by atoms with Gasteiger partial charge in [0.15, 0.2) is 9.84 Å². The number of benzene rings is 2. The molecular formula is C17H15N3O3S. The molecule has 3 aromatic rings. The van der Waals surface area contributed by atoms with E-state index in [0.717, 1.165) is 6.26 Å². The second-order valence-corrected chi connectivity index (χ2v) is 7.22. The van der Waals surface area contributed by atoms with Crippen LogP contribution in [0.15, 0.2) is 71.9 Å². The molecule has 1 amide bonds. The lowest BCUT2D eigenvalue weighted by molar-refractivity contribution is 0.102. The lowest BCUT2D eigenvalue weighted by atomic mass is 10.2. The Hall–Kier alpha value is -2.93. The van der Waals surface area contributed by atoms with Crippen LogP contribution in [0.3, 0.4) is 0 Å². The Labute approximate surface area is 139 Å². The predicted molar refractivity (Wildman–Crippen MR) is 91.1 cm³/mol. The Balaban J connectivity index is 1.89. The Morgan fingerprint density at radius 3 is 2.42 bits per heavy atom. The van der Waals surface area contributed by atoms with E-state index >= 15 is 0 Å². The normalized spacial score (nSPS) is 11.2. The van der Waals surface area contributed by atoms with E-state index in [1.54, 1.807) is 48.7 Å². The molecular weight excluding hydrogens is 326 g/mol. The molecule has 0 fully saturated rings. The minimum atomic E-state index is -3.39. The van der Waals surface area contributed by atoms with E-state index in [-0.39, 0.29) is 10.8 Å². The predicted octanol–water partition coefficient (Wildman–Crippen LogP) is 2.53. The second kappa shape index (κ2) is 6.29. The topological polar surface area (TPSA) is 81.1 Å². The summed E-state index contributed by atoms with van der Waals surface area (Å²) in [5.74, 6) is -0.258. The van der Waals surface area contributed by atoms with Crippen LogP contribution in [-0.4, -0.2) is 30.4 Å². The summed E-state index contributed by atoms with van der Waals surface area (Å²) in [7, 11) is -3.39. The Bertz CT molecular complexity index is 979. The third kappa shape index (κ3) is 3.36. The summed E-state index contributed by atoms with van der Waals surface area (Å²) < 4.78 is 25.2. The van der Waals surface area contributed by atoms with Crippen molar-refractivity contribution < 1.29 is 13.2 Å². The molecule has 0 radical (unpaired) electrons. The standard InChI is InChI=1S/C17H15N3O3S/c1-24(22,23)16-10-6-5-9-15(16)20-12-14(11-18-20)19-17(21)13-7-3-2-4-8-13/h2-12H,1H3,(H,19,21). The molecule has 0 atom stereocenters. The molecule has 2 aromatic carbocycles. The quantitative estimate of drug-likeness (QED) is 0.791. The van der Waals surface area contributed by atoms with Crippen LogP contribution in [0.4, 0.5) is 5.69 Å². The molecule has 0 aliphatic rings. The van der Waals surface area contributed by atoms with Crippen LogP contribution in [0, 0.1) is 0 Å². The monoisotopic (exact) mass is 341 g/mol. The summed E-state index contributed by atoms with van der Waals surface area (Å²) in [4.78, 5) is 12.3. The third-order valence-electron chi connectivity index (χ3n) is 3.39. The largest absolute Gasteiger partial charge is 0.319 e. The second-order valence-electron chi connectivity index (χ2n) is 5.23. The molecule has 0 bridgehead atoms. The number of nitrogens with zero attached hydrogens (tertiary/aromatic N) is 2. The summed E-state index contributed by atoms with van der Waals surface area (Å²) in [5, 5.41) is 6.88. The highest BCUT2D eigenvalue weighted by Crippen LogP contribution is 2.20. The van der Waals surface area contributed by atoms with Crippen molar-refractivity contribution in [3.63, 3.8) is 0 Å². The molecule has 7 heteroatoms. The first kappa shape index (κ1) is 15.9. The summed E-state index contributed by atoms with van der Waals surface area (Å²) >= 11 is 0. The zero-order valence-electron chi connectivity index (χ0n) is 12.9. The molecule has 0 saturated heterocycles. The number of nitrogens with one attached hydrogen (secondary N) is 1. The smallest absolute Gasteiger partial charge is 0.255 e. The zero-order valence-corrected chi connectivity index (χ0v) is 13.7. The van der Waals surface area contributed by atoms with Gasteiger partial charge in [-0.15, -0.1) is 0 Å². The van der Waals surface area contributed by atoms with E-state index in [2.05, 4.69) is 10.4 Å². The van der Waals surface area contributed by atoms with Crippen LogP contribution in [0.1, 0.15) is 10.4 Å². The van der Waals surface area contributed by atoms with Gasteiger partial charge in [-0.3, -0.25) is 4.79 Å². The maximum atomic E-state index is 12.1. The van der Waals surface area contributed by atoms with E-state index < -0.39 is 9.84 Å². The number of rotatable bonds is 4. The van der Waals surface area contributed by atoms with Gasteiger partial charge >= 0.3 is 0 Å². The maximum absolute atomic E-state index is 12.1. The minimum Gasteiger partial charge on any atom is -0.319 e. The molecule has 0 unspecified atom stereocenters. The molecule has 24 heavy (non-hydrogen) atoms. The summed E-state index contributed by atoms with van der Waals surface area (Å²) in [6.45, 7) is 0. The van der Waals surface area contributed by atoms with Gasteiger partial charge in [0.25, 0.3) is 5.91 Å². The van der Waals surface area contributed by atoms with Crippen LogP contribution in [-0.2, 0) is 9.84 Å². The summed E-state index contributed by atoms with van der Waals surface area (Å²) in [6, 6.07) is 15.4. The average Bonchev–Trinajstić information content (AvgIpc) is 3.03. The highest BCUT2D eigenvalue weighted by Gasteiger charge is 2.15. The number of amides is 1. The molecule has 1 N–H and O–H groups in total. The molecule has 6 nitrogen and oxygen atoms in total. The Morgan fingerprint density at radius 2 is 1.71 bits per heavy atom. The van der Waals surface area contributed by atoms with E-state index in [4.69, 9.17) is 0 Å². The molecule has 0 spiro atoms. The van der Waals surface area contributed by atoms with Gasteiger partial charge < -0.3 is 5.32 Å². The highest BCUT2D eigenvalue weighted by atomic mass is 32.2. The van der Waals surface area contributed by atoms with Crippen molar-refractivity contribution in [2.45, 2.75) is 4.90 Å². The van der Waals surface area contributed by atoms with Crippen molar-refractivity contribution >= 4 is 21.4 Å². The van der Waals surface area contributed by atoms with Crippen molar-refractivity contribution in [1.29, 1.82) is 0 Å². The Kier molecular flexibility index (Phi) is 4.18. The van der Waals surface area contributed by atoms with Crippen LogP contribution in [0.5, 0.6) is 0 Å². The number of carbonyl (C=O) groups is 1. The number of aromatic nitrogens is 2. The van der Waals surface area contributed by atoms with E-state index in [0.29, 0.717) is 16.9 Å². The van der Waals surface area contributed by atoms with Gasteiger partial charge in [0, 0.05) is 11.8 Å². The molecule has 1 aromatic heterocycles. The fourth-order valence-corrected chi connectivity index (χ4v) is 3.14. The van der Waals surface area contributed by atoms with Gasteiger partial charge in [0.2, 0.25) is 0 Å². The first-order valence-electron chi connectivity index (χ1n) is 7.16. The molecule has 0 aliphatic carbocycles. The fourth-order valence-electron chi connectivity index (χ4n) is 2.27. The highest BCUT2D eigenvalue weighted by molar-refractivity contribution is 7.90. The number of carbonyl (C=O) groups excluding carboxylic acids is 1. The summed E-state index contributed by atoms with van der Waals surface area (Å²) in [6.07, 6.45) is 4.19. The van der Waals surface area contributed by atoms with E-state index in [1.165, 1.54) is 16.9 Å².